The van der Waals surface area contributed by atoms with E-state index in [-0.39, 0.29) is 43.2 Å². The molecule has 378 valence electrons. The smallest absolute Gasteiger partial charge is 0.311 e. The molecule has 4 heterocycles. The number of esters is 1. The summed E-state index contributed by atoms with van der Waals surface area (Å²) in [6.45, 7) is 21.5. The molecule has 0 bridgehead atoms. The molecular weight excluding hydrogens is 851 g/mol. The lowest BCUT2D eigenvalue weighted by molar-refractivity contribution is -0.314. The van der Waals surface area contributed by atoms with Crippen molar-refractivity contribution in [1.29, 1.82) is 0 Å². The summed E-state index contributed by atoms with van der Waals surface area (Å²) < 4.78 is 51.5. The average molecular weight is 936 g/mol. The monoisotopic (exact) mass is 936 g/mol. The van der Waals surface area contributed by atoms with Crippen molar-refractivity contribution >= 4 is 17.4 Å². The number of morpholine rings is 1. The van der Waals surface area contributed by atoms with Gasteiger partial charge in [-0.3, -0.25) is 14.5 Å². The van der Waals surface area contributed by atoms with Gasteiger partial charge in [0, 0.05) is 69.8 Å². The van der Waals surface area contributed by atoms with Crippen molar-refractivity contribution in [3.05, 3.63) is 29.8 Å². The number of ether oxygens (including phenoxy) is 8. The Morgan fingerprint density at radius 1 is 0.833 bits per heavy atom. The highest BCUT2D eigenvalue weighted by atomic mass is 16.7. The molecule has 0 aromatic heterocycles. The maximum absolute atomic E-state index is 14.5. The van der Waals surface area contributed by atoms with Gasteiger partial charge in [-0.05, 0) is 99.6 Å². The molecule has 0 radical (unpaired) electrons. The van der Waals surface area contributed by atoms with Gasteiger partial charge >= 0.3 is 5.97 Å². The molecule has 0 amide bonds. The van der Waals surface area contributed by atoms with E-state index >= 15 is 0 Å². The minimum atomic E-state index is -1.97. The standard InChI is InChI=1S/C50H85N3O13/c1-16-38-50(10,58)43(55)31(4)41(54)29(2)26-49(9,60-15)45(32(5)42(33(6)46(57)64-38)65-39-27-48(8,59-14)44(56)34(7)63-39)66-47-40(51(11)12)37(25-30(3)62-47)52(13)28-35-17-19-36(20-18-35)53-21-23-61-24-22-53/h17-20,29-34,37-40,42-45,47,55-56,58H,16,21-28H2,1-15H3/t29-,30-,31+,32+,33-,34+,37-,38-,39+,40+,42+,43-,44+,45-,47+,48-,49+,50-/m1/s1. The van der Waals surface area contributed by atoms with Gasteiger partial charge in [0.25, 0.3) is 0 Å². The number of rotatable bonds is 12. The van der Waals surface area contributed by atoms with E-state index in [4.69, 9.17) is 37.9 Å². The number of Topliss-reactive ketones (excluding diaryl/α,β-unsaturated/α-hetero) is 1. The van der Waals surface area contributed by atoms with Crippen molar-refractivity contribution in [2.75, 3.05) is 66.6 Å². The van der Waals surface area contributed by atoms with E-state index in [2.05, 4.69) is 46.0 Å². The fourth-order valence-corrected chi connectivity index (χ4v) is 11.1. The molecular formula is C50H85N3O13. The van der Waals surface area contributed by atoms with Crippen LogP contribution in [0.15, 0.2) is 24.3 Å². The van der Waals surface area contributed by atoms with Crippen molar-refractivity contribution < 1.29 is 62.8 Å². The Hall–Kier alpha value is -2.32. The van der Waals surface area contributed by atoms with Crippen LogP contribution in [0.1, 0.15) is 100 Å². The molecule has 16 nitrogen and oxygen atoms in total. The van der Waals surface area contributed by atoms with Crippen LogP contribution in [0.3, 0.4) is 0 Å². The van der Waals surface area contributed by atoms with E-state index in [9.17, 15) is 24.9 Å². The molecule has 66 heavy (non-hydrogen) atoms. The lowest BCUT2D eigenvalue weighted by atomic mass is 9.73. The third kappa shape index (κ3) is 12.0. The lowest BCUT2D eigenvalue weighted by Crippen LogP contribution is -2.64. The van der Waals surface area contributed by atoms with Crippen molar-refractivity contribution in [2.45, 2.75) is 186 Å². The van der Waals surface area contributed by atoms with Crippen LogP contribution in [0, 0.1) is 23.7 Å². The molecule has 0 aliphatic carbocycles. The number of carbonyl (C=O) groups is 2. The Morgan fingerprint density at radius 3 is 2.03 bits per heavy atom. The normalized spacial score (nSPS) is 42.6. The number of cyclic esters (lactones) is 1. The van der Waals surface area contributed by atoms with Crippen LogP contribution in [0.25, 0.3) is 0 Å². The molecule has 16 heteroatoms. The predicted molar refractivity (Wildman–Crippen MR) is 250 cm³/mol. The van der Waals surface area contributed by atoms with Crippen LogP contribution in [0.4, 0.5) is 5.69 Å². The molecule has 4 aliphatic heterocycles. The Kier molecular flexibility index (Phi) is 18.7. The molecule has 0 spiro atoms. The average Bonchev–Trinajstić information content (AvgIpc) is 3.29. The van der Waals surface area contributed by atoms with Gasteiger partial charge in [-0.25, -0.2) is 0 Å². The van der Waals surface area contributed by atoms with Crippen LogP contribution >= 0.6 is 0 Å². The second-order valence-corrected chi connectivity index (χ2v) is 20.8. The van der Waals surface area contributed by atoms with Gasteiger partial charge in [0.2, 0.25) is 0 Å². The topological polar surface area (TPSA) is 178 Å². The highest BCUT2D eigenvalue weighted by Gasteiger charge is 2.54. The predicted octanol–water partition coefficient (Wildman–Crippen LogP) is 4.42. The summed E-state index contributed by atoms with van der Waals surface area (Å²) in [6.07, 6.45) is -6.96. The molecule has 4 fully saturated rings. The number of ketones is 1. The fourth-order valence-electron chi connectivity index (χ4n) is 11.1. The molecule has 1 aromatic carbocycles. The summed E-state index contributed by atoms with van der Waals surface area (Å²) in [5.41, 5.74) is -1.85. The third-order valence-electron chi connectivity index (χ3n) is 15.5. The first kappa shape index (κ1) is 54.6. The molecule has 0 unspecified atom stereocenters. The first-order valence-electron chi connectivity index (χ1n) is 24.3. The summed E-state index contributed by atoms with van der Waals surface area (Å²) in [5, 5.41) is 34.6. The van der Waals surface area contributed by atoms with Gasteiger partial charge < -0.3 is 63.0 Å². The van der Waals surface area contributed by atoms with Gasteiger partial charge in [-0.1, -0.05) is 39.8 Å². The largest absolute Gasteiger partial charge is 0.459 e. The van der Waals surface area contributed by atoms with Crippen LogP contribution < -0.4 is 4.90 Å². The van der Waals surface area contributed by atoms with Crippen molar-refractivity contribution in [2.24, 2.45) is 23.7 Å². The minimum Gasteiger partial charge on any atom is -0.459 e. The molecule has 4 saturated heterocycles. The van der Waals surface area contributed by atoms with E-state index < -0.39 is 95.6 Å². The van der Waals surface area contributed by atoms with E-state index in [1.165, 1.54) is 25.3 Å². The maximum Gasteiger partial charge on any atom is 0.311 e. The third-order valence-corrected chi connectivity index (χ3v) is 15.5. The fraction of sp³-hybridized carbons (Fsp3) is 0.840. The zero-order chi connectivity index (χ0) is 49.1. The number of carbonyl (C=O) groups excluding carboxylic acids is 2. The number of likely N-dealkylation sites (N-methyl/N-ethyl adjacent to an activating group) is 2. The highest BCUT2D eigenvalue weighted by Crippen LogP contribution is 2.42. The number of hydrogen-bond donors (Lipinski definition) is 3. The Balaban J connectivity index is 1.57. The van der Waals surface area contributed by atoms with Gasteiger partial charge in [-0.15, -0.1) is 0 Å². The second kappa shape index (κ2) is 22.6. The van der Waals surface area contributed by atoms with E-state index in [1.807, 2.05) is 34.9 Å². The van der Waals surface area contributed by atoms with E-state index in [0.717, 1.165) is 32.7 Å². The van der Waals surface area contributed by atoms with Crippen molar-refractivity contribution in [1.82, 2.24) is 9.80 Å². The highest BCUT2D eigenvalue weighted by molar-refractivity contribution is 5.83. The first-order valence-corrected chi connectivity index (χ1v) is 24.3. The van der Waals surface area contributed by atoms with Gasteiger partial charge in [0.05, 0.1) is 66.9 Å². The Bertz CT molecular complexity index is 1710. The van der Waals surface area contributed by atoms with Crippen molar-refractivity contribution in [3.63, 3.8) is 0 Å². The number of aliphatic hydroxyl groups is 3. The second-order valence-electron chi connectivity index (χ2n) is 20.8. The Labute approximate surface area is 394 Å². The summed E-state index contributed by atoms with van der Waals surface area (Å²) >= 11 is 0. The van der Waals surface area contributed by atoms with Crippen LogP contribution in [0.5, 0.6) is 0 Å². The van der Waals surface area contributed by atoms with Gasteiger partial charge in [0.1, 0.15) is 23.6 Å². The zero-order valence-corrected chi connectivity index (χ0v) is 42.6. The SMILES string of the molecule is CC[C@H]1OC(=O)[C@H](C)[C@@H](O[C@H]2C[C@@](C)(OC)[C@@H](O)[C@H](C)O2)[C@H](C)[C@@H](O[C@@H]2O[C@H](C)C[C@@H](N(C)Cc3ccc(N4CCOCC4)cc3)[C@@H]2N(C)C)[C@@](C)(OC)C[C@@H](C)C(=O)[C@H](C)[C@@H](O)[C@]1(C)O. The molecule has 0 saturated carbocycles. The Morgan fingerprint density at radius 2 is 1.45 bits per heavy atom. The number of benzene rings is 1. The van der Waals surface area contributed by atoms with Crippen LogP contribution in [-0.4, -0.2) is 183 Å². The number of aliphatic hydroxyl groups excluding tert-OH is 2. The number of hydrogen-bond acceptors (Lipinski definition) is 16. The lowest BCUT2D eigenvalue weighted by Gasteiger charge is -2.51. The van der Waals surface area contributed by atoms with E-state index in [0.29, 0.717) is 6.54 Å². The van der Waals surface area contributed by atoms with E-state index in [1.54, 1.807) is 48.7 Å². The number of methoxy groups -OCH3 is 2. The van der Waals surface area contributed by atoms with Crippen molar-refractivity contribution in [3.8, 4) is 0 Å². The molecule has 18 atom stereocenters. The summed E-state index contributed by atoms with van der Waals surface area (Å²) in [7, 11) is 9.28. The quantitative estimate of drug-likeness (QED) is 0.251. The first-order chi connectivity index (χ1) is 30.9. The summed E-state index contributed by atoms with van der Waals surface area (Å²) in [6, 6.07) is 8.44. The molecule has 4 aliphatic rings. The molecule has 1 aromatic rings. The minimum absolute atomic E-state index is 0.0203. The zero-order valence-electron chi connectivity index (χ0n) is 42.6. The molecule has 5 rings (SSSR count). The number of anilines is 1. The van der Waals surface area contributed by atoms with Crippen LogP contribution in [0.2, 0.25) is 0 Å². The summed E-state index contributed by atoms with van der Waals surface area (Å²) in [5.74, 6) is -4.31. The molecule has 3 N–H and O–H groups in total. The maximum atomic E-state index is 14.5. The van der Waals surface area contributed by atoms with Gasteiger partial charge in [0.15, 0.2) is 12.6 Å². The summed E-state index contributed by atoms with van der Waals surface area (Å²) in [4.78, 5) is 35.7. The number of nitrogens with zero attached hydrogens (tertiary/aromatic N) is 3. The van der Waals surface area contributed by atoms with Crippen LogP contribution in [-0.2, 0) is 54.0 Å². The van der Waals surface area contributed by atoms with Gasteiger partial charge in [-0.2, -0.15) is 0 Å².